The first kappa shape index (κ1) is 19.8. The number of rotatable bonds is 9. The predicted octanol–water partition coefficient (Wildman–Crippen LogP) is 4.20. The lowest BCUT2D eigenvalue weighted by molar-refractivity contribution is 0.0953. The number of aromatic nitrogens is 2. The molecule has 0 radical (unpaired) electrons. The van der Waals surface area contributed by atoms with E-state index in [1.807, 2.05) is 30.5 Å². The van der Waals surface area contributed by atoms with Gasteiger partial charge in [-0.15, -0.1) is 0 Å². The molecule has 0 saturated heterocycles. The van der Waals surface area contributed by atoms with Crippen molar-refractivity contribution in [3.8, 4) is 11.3 Å². The van der Waals surface area contributed by atoms with E-state index in [-0.39, 0.29) is 5.91 Å². The van der Waals surface area contributed by atoms with Crippen molar-refractivity contribution in [1.29, 1.82) is 0 Å². The summed E-state index contributed by atoms with van der Waals surface area (Å²) in [5.74, 6) is -0.00541. The Morgan fingerprint density at radius 2 is 1.93 bits per heavy atom. The van der Waals surface area contributed by atoms with Crippen LogP contribution < -0.4 is 10.6 Å². The second-order valence-corrected chi connectivity index (χ2v) is 7.05. The lowest BCUT2D eigenvalue weighted by Crippen LogP contribution is -2.24. The minimum atomic E-state index is -0.00541. The minimum Gasteiger partial charge on any atom is -0.352 e. The van der Waals surface area contributed by atoms with Gasteiger partial charge in [-0.2, -0.15) is 5.10 Å². The molecular weight excluding hydrogens is 348 g/mol. The number of aryl methyl sites for hydroxylation is 1. The zero-order valence-electron chi connectivity index (χ0n) is 16.6. The number of hydrogen-bond acceptors (Lipinski definition) is 3. The van der Waals surface area contributed by atoms with E-state index in [0.29, 0.717) is 5.56 Å². The van der Waals surface area contributed by atoms with E-state index in [4.69, 9.17) is 0 Å². The molecule has 1 heterocycles. The number of H-pyrrole nitrogens is 1. The maximum atomic E-state index is 12.1. The van der Waals surface area contributed by atoms with Crippen molar-refractivity contribution in [1.82, 2.24) is 20.8 Å². The standard InChI is InChI=1S/C23H28N4O/c1-3-4-12-25-23(28)19-10-8-18(9-11-19)14-24-15-21-16-26-27-22(21)20-7-5-6-17(2)13-20/h5-11,13,16,24H,3-4,12,14-15H2,1-2H3,(H,25,28)(H,26,27). The summed E-state index contributed by atoms with van der Waals surface area (Å²) < 4.78 is 0. The van der Waals surface area contributed by atoms with Gasteiger partial charge in [-0.3, -0.25) is 9.89 Å². The van der Waals surface area contributed by atoms with Gasteiger partial charge in [0, 0.05) is 36.3 Å². The van der Waals surface area contributed by atoms with Crippen molar-refractivity contribution in [3.63, 3.8) is 0 Å². The van der Waals surface area contributed by atoms with Crippen LogP contribution in [0.15, 0.2) is 54.7 Å². The van der Waals surface area contributed by atoms with Gasteiger partial charge in [0.1, 0.15) is 0 Å². The first-order chi connectivity index (χ1) is 13.7. The summed E-state index contributed by atoms with van der Waals surface area (Å²) in [5, 5.41) is 13.7. The molecule has 3 N–H and O–H groups in total. The van der Waals surface area contributed by atoms with Gasteiger partial charge in [0.25, 0.3) is 5.91 Å². The monoisotopic (exact) mass is 376 g/mol. The second kappa shape index (κ2) is 9.85. The molecule has 3 rings (SSSR count). The van der Waals surface area contributed by atoms with Gasteiger partial charge in [-0.05, 0) is 37.1 Å². The molecular formula is C23H28N4O. The van der Waals surface area contributed by atoms with Gasteiger partial charge in [0.05, 0.1) is 11.9 Å². The Morgan fingerprint density at radius 1 is 1.11 bits per heavy atom. The fourth-order valence-electron chi connectivity index (χ4n) is 3.09. The van der Waals surface area contributed by atoms with Crippen LogP contribution in [0.1, 0.15) is 46.8 Å². The lowest BCUT2D eigenvalue weighted by Gasteiger charge is -2.08. The largest absolute Gasteiger partial charge is 0.352 e. The second-order valence-electron chi connectivity index (χ2n) is 7.05. The fourth-order valence-corrected chi connectivity index (χ4v) is 3.09. The number of hydrogen-bond donors (Lipinski definition) is 3. The number of carbonyl (C=O) groups excluding carboxylic acids is 1. The molecule has 0 aliphatic carbocycles. The molecule has 5 nitrogen and oxygen atoms in total. The molecule has 2 aromatic carbocycles. The topological polar surface area (TPSA) is 69.8 Å². The van der Waals surface area contributed by atoms with Gasteiger partial charge < -0.3 is 10.6 Å². The molecule has 0 bridgehead atoms. The average molecular weight is 377 g/mol. The summed E-state index contributed by atoms with van der Waals surface area (Å²) in [7, 11) is 0. The van der Waals surface area contributed by atoms with Gasteiger partial charge in [-0.25, -0.2) is 0 Å². The number of aromatic amines is 1. The van der Waals surface area contributed by atoms with Crippen molar-refractivity contribution >= 4 is 5.91 Å². The van der Waals surface area contributed by atoms with Gasteiger partial charge >= 0.3 is 0 Å². The molecule has 0 saturated carbocycles. The molecule has 0 atom stereocenters. The fraction of sp³-hybridized carbons (Fsp3) is 0.304. The van der Waals surface area contributed by atoms with Gasteiger partial charge in [0.2, 0.25) is 0 Å². The normalized spacial score (nSPS) is 10.8. The summed E-state index contributed by atoms with van der Waals surface area (Å²) in [6.45, 7) is 6.38. The molecule has 0 aliphatic rings. The molecule has 1 amide bonds. The Bertz CT molecular complexity index is 899. The zero-order chi connectivity index (χ0) is 19.8. The molecule has 0 spiro atoms. The van der Waals surface area contributed by atoms with Crippen LogP contribution >= 0.6 is 0 Å². The number of nitrogens with zero attached hydrogens (tertiary/aromatic N) is 1. The summed E-state index contributed by atoms with van der Waals surface area (Å²) in [6, 6.07) is 16.2. The van der Waals surface area contributed by atoms with Crippen LogP contribution in [0.5, 0.6) is 0 Å². The summed E-state index contributed by atoms with van der Waals surface area (Å²) in [4.78, 5) is 12.1. The Labute approximate surface area is 166 Å². The first-order valence-electron chi connectivity index (χ1n) is 9.84. The lowest BCUT2D eigenvalue weighted by atomic mass is 10.1. The molecule has 0 unspecified atom stereocenters. The molecule has 5 heteroatoms. The maximum Gasteiger partial charge on any atom is 0.251 e. The summed E-state index contributed by atoms with van der Waals surface area (Å²) >= 11 is 0. The van der Waals surface area contributed by atoms with E-state index < -0.39 is 0 Å². The summed E-state index contributed by atoms with van der Waals surface area (Å²) in [5.41, 5.74) is 6.41. The molecule has 3 aromatic rings. The first-order valence-corrected chi connectivity index (χ1v) is 9.84. The highest BCUT2D eigenvalue weighted by molar-refractivity contribution is 5.94. The van der Waals surface area contributed by atoms with Crippen molar-refractivity contribution in [2.45, 2.75) is 39.8 Å². The number of nitrogens with one attached hydrogen (secondary N) is 3. The number of carbonyl (C=O) groups is 1. The Balaban J connectivity index is 1.53. The Morgan fingerprint density at radius 3 is 2.68 bits per heavy atom. The third-order valence-electron chi connectivity index (χ3n) is 4.70. The van der Waals surface area contributed by atoms with Crippen molar-refractivity contribution in [3.05, 3.63) is 77.0 Å². The molecule has 0 fully saturated rings. The van der Waals surface area contributed by atoms with Crippen LogP contribution in [-0.2, 0) is 13.1 Å². The summed E-state index contributed by atoms with van der Waals surface area (Å²) in [6.07, 6.45) is 3.95. The number of amides is 1. The Hall–Kier alpha value is -2.92. The molecule has 146 valence electrons. The van der Waals surface area contributed by atoms with Crippen LogP contribution in [0.25, 0.3) is 11.3 Å². The van der Waals surface area contributed by atoms with Crippen molar-refractivity contribution < 1.29 is 4.79 Å². The van der Waals surface area contributed by atoms with Crippen molar-refractivity contribution in [2.75, 3.05) is 6.54 Å². The highest BCUT2D eigenvalue weighted by Gasteiger charge is 2.08. The van der Waals surface area contributed by atoms with E-state index in [2.05, 4.69) is 58.9 Å². The van der Waals surface area contributed by atoms with E-state index in [1.165, 1.54) is 5.56 Å². The molecule has 0 aliphatic heterocycles. The minimum absolute atomic E-state index is 0.00541. The third kappa shape index (κ3) is 5.30. The zero-order valence-corrected chi connectivity index (χ0v) is 16.6. The SMILES string of the molecule is CCCCNC(=O)c1ccc(CNCc2cn[nH]c2-c2cccc(C)c2)cc1. The van der Waals surface area contributed by atoms with Crippen LogP contribution in [0.2, 0.25) is 0 Å². The maximum absolute atomic E-state index is 12.1. The molecule has 28 heavy (non-hydrogen) atoms. The third-order valence-corrected chi connectivity index (χ3v) is 4.70. The van der Waals surface area contributed by atoms with E-state index in [1.54, 1.807) is 0 Å². The van der Waals surface area contributed by atoms with Gasteiger partial charge in [-0.1, -0.05) is 49.2 Å². The van der Waals surface area contributed by atoms with Crippen LogP contribution in [0, 0.1) is 6.92 Å². The van der Waals surface area contributed by atoms with E-state index >= 15 is 0 Å². The molecule has 1 aromatic heterocycles. The predicted molar refractivity (Wildman–Crippen MR) is 113 cm³/mol. The number of unbranched alkanes of at least 4 members (excludes halogenated alkanes) is 1. The Kier molecular flexibility index (Phi) is 6.98. The average Bonchev–Trinajstić information content (AvgIpc) is 3.17. The van der Waals surface area contributed by atoms with Crippen molar-refractivity contribution in [2.24, 2.45) is 0 Å². The van der Waals surface area contributed by atoms with Crippen LogP contribution in [0.4, 0.5) is 0 Å². The van der Waals surface area contributed by atoms with E-state index in [0.717, 1.165) is 54.9 Å². The highest BCUT2D eigenvalue weighted by Crippen LogP contribution is 2.22. The van der Waals surface area contributed by atoms with Gasteiger partial charge in [0.15, 0.2) is 0 Å². The van der Waals surface area contributed by atoms with Crippen LogP contribution in [0.3, 0.4) is 0 Å². The van der Waals surface area contributed by atoms with Crippen LogP contribution in [-0.4, -0.2) is 22.6 Å². The number of benzene rings is 2. The quantitative estimate of drug-likeness (QED) is 0.490. The smallest absolute Gasteiger partial charge is 0.251 e. The van der Waals surface area contributed by atoms with E-state index in [9.17, 15) is 4.79 Å². The highest BCUT2D eigenvalue weighted by atomic mass is 16.1.